The fourth-order valence-electron chi connectivity index (χ4n) is 2.08. The van der Waals surface area contributed by atoms with E-state index >= 15 is 0 Å². The predicted octanol–water partition coefficient (Wildman–Crippen LogP) is 2.44. The summed E-state index contributed by atoms with van der Waals surface area (Å²) in [6.07, 6.45) is 1.35. The fraction of sp³-hybridized carbons (Fsp3) is 0.118. The number of carboxylic acids is 1. The van der Waals surface area contributed by atoms with Gasteiger partial charge in [0.25, 0.3) is 11.6 Å². The molecule has 2 N–H and O–H groups in total. The van der Waals surface area contributed by atoms with Crippen molar-refractivity contribution in [2.75, 3.05) is 13.7 Å². The highest BCUT2D eigenvalue weighted by Crippen LogP contribution is 2.33. The number of aliphatic carboxylic acids is 1. The largest absolute Gasteiger partial charge is 0.493 e. The lowest BCUT2D eigenvalue weighted by molar-refractivity contribution is -0.384. The van der Waals surface area contributed by atoms with Crippen molar-refractivity contribution in [3.8, 4) is 11.5 Å². The molecule has 0 aromatic heterocycles. The quantitative estimate of drug-likeness (QED) is 0.246. The molecule has 0 aliphatic carbocycles. The van der Waals surface area contributed by atoms with Crippen molar-refractivity contribution < 1.29 is 29.1 Å². The molecule has 0 saturated carbocycles. The lowest BCUT2D eigenvalue weighted by atomic mass is 10.2. The molecule has 2 rings (SSSR count). The van der Waals surface area contributed by atoms with Crippen molar-refractivity contribution in [1.82, 2.24) is 5.43 Å². The summed E-state index contributed by atoms with van der Waals surface area (Å²) < 4.78 is 11.0. The van der Waals surface area contributed by atoms with Gasteiger partial charge in [0.2, 0.25) is 0 Å². The molecule has 0 saturated heterocycles. The Morgan fingerprint density at radius 2 is 2.11 bits per heavy atom. The Morgan fingerprint density at radius 1 is 1.36 bits per heavy atom. The molecule has 0 aliphatic rings. The minimum absolute atomic E-state index is 0.0935. The zero-order valence-corrected chi connectivity index (χ0v) is 16.6. The first-order valence-electron chi connectivity index (χ1n) is 7.61. The third-order valence-electron chi connectivity index (χ3n) is 3.29. The van der Waals surface area contributed by atoms with E-state index < -0.39 is 23.4 Å². The average Bonchev–Trinajstić information content (AvgIpc) is 2.66. The van der Waals surface area contributed by atoms with E-state index in [1.807, 2.05) is 22.6 Å². The van der Waals surface area contributed by atoms with Crippen LogP contribution >= 0.6 is 22.6 Å². The molecule has 2 aromatic rings. The summed E-state index contributed by atoms with van der Waals surface area (Å²) in [6.45, 7) is -0.515. The number of nitro groups is 1. The van der Waals surface area contributed by atoms with Gasteiger partial charge in [0.15, 0.2) is 18.1 Å². The molecule has 0 fully saturated rings. The standard InChI is InChI=1S/C17H14IN3O7/c1-27-14-6-10(5-13(18)16(14)28-9-15(22)23)8-19-20-17(24)11-3-2-4-12(7-11)21(25)26/h2-8H,9H2,1H3,(H,20,24)(H,22,23)/b19-8-. The van der Waals surface area contributed by atoms with E-state index in [0.29, 0.717) is 14.9 Å². The van der Waals surface area contributed by atoms with Crippen LogP contribution in [0.25, 0.3) is 0 Å². The Hall–Kier alpha value is -3.22. The van der Waals surface area contributed by atoms with Crippen LogP contribution in [0.5, 0.6) is 11.5 Å². The van der Waals surface area contributed by atoms with Crippen LogP contribution in [0, 0.1) is 13.7 Å². The highest BCUT2D eigenvalue weighted by atomic mass is 127. The van der Waals surface area contributed by atoms with Crippen molar-refractivity contribution in [2.24, 2.45) is 5.10 Å². The summed E-state index contributed by atoms with van der Waals surface area (Å²) in [5.41, 5.74) is 2.73. The van der Waals surface area contributed by atoms with Crippen LogP contribution in [-0.4, -0.2) is 41.8 Å². The summed E-state index contributed by atoms with van der Waals surface area (Å²) in [6, 6.07) is 8.47. The lowest BCUT2D eigenvalue weighted by Gasteiger charge is -2.12. The van der Waals surface area contributed by atoms with Gasteiger partial charge >= 0.3 is 5.97 Å². The first-order valence-corrected chi connectivity index (χ1v) is 8.69. The average molecular weight is 499 g/mol. The zero-order valence-electron chi connectivity index (χ0n) is 14.4. The SMILES string of the molecule is COc1cc(/C=N\NC(=O)c2cccc([N+](=O)[O-])c2)cc(I)c1OCC(=O)O. The number of hydrazone groups is 1. The maximum absolute atomic E-state index is 12.1. The van der Waals surface area contributed by atoms with Gasteiger partial charge in [0.05, 0.1) is 21.8 Å². The number of hydrogen-bond acceptors (Lipinski definition) is 7. The number of carboxylic acid groups (broad SMARTS) is 1. The monoisotopic (exact) mass is 499 g/mol. The minimum atomic E-state index is -1.12. The van der Waals surface area contributed by atoms with Crippen LogP contribution in [0.15, 0.2) is 41.5 Å². The second kappa shape index (κ2) is 9.64. The van der Waals surface area contributed by atoms with Gasteiger partial charge in [0, 0.05) is 17.7 Å². The molecule has 0 radical (unpaired) electrons. The molecule has 11 heteroatoms. The number of nitrogens with zero attached hydrogens (tertiary/aromatic N) is 2. The summed E-state index contributed by atoms with van der Waals surface area (Å²) >= 11 is 1.96. The van der Waals surface area contributed by atoms with Crippen molar-refractivity contribution in [3.05, 3.63) is 61.2 Å². The second-order valence-electron chi connectivity index (χ2n) is 5.22. The molecule has 0 heterocycles. The van der Waals surface area contributed by atoms with Crippen LogP contribution < -0.4 is 14.9 Å². The topological polar surface area (TPSA) is 140 Å². The van der Waals surface area contributed by atoms with Gasteiger partial charge in [-0.2, -0.15) is 5.10 Å². The molecular weight excluding hydrogens is 485 g/mol. The molecular formula is C17H14IN3O7. The molecule has 0 bridgehead atoms. The van der Waals surface area contributed by atoms with E-state index in [4.69, 9.17) is 14.6 Å². The molecule has 0 aliphatic heterocycles. The number of carbonyl (C=O) groups excluding carboxylic acids is 1. The van der Waals surface area contributed by atoms with Gasteiger partial charge in [-0.1, -0.05) is 6.07 Å². The van der Waals surface area contributed by atoms with Crippen molar-refractivity contribution in [1.29, 1.82) is 0 Å². The number of amides is 1. The van der Waals surface area contributed by atoms with E-state index in [1.165, 1.54) is 31.5 Å². The number of halogens is 1. The Labute approximate surface area is 172 Å². The molecule has 146 valence electrons. The Bertz CT molecular complexity index is 946. The van der Waals surface area contributed by atoms with Crippen molar-refractivity contribution >= 4 is 46.4 Å². The van der Waals surface area contributed by atoms with E-state index in [2.05, 4.69) is 10.5 Å². The molecule has 28 heavy (non-hydrogen) atoms. The van der Waals surface area contributed by atoms with E-state index in [0.717, 1.165) is 6.07 Å². The fourth-order valence-corrected chi connectivity index (χ4v) is 2.86. The maximum Gasteiger partial charge on any atom is 0.341 e. The normalized spacial score (nSPS) is 10.5. The number of nitro benzene ring substituents is 1. The Kier molecular flexibility index (Phi) is 7.26. The highest BCUT2D eigenvalue weighted by Gasteiger charge is 2.13. The molecule has 10 nitrogen and oxygen atoms in total. The van der Waals surface area contributed by atoms with E-state index in [9.17, 15) is 19.7 Å². The number of rotatable bonds is 8. The molecule has 0 atom stereocenters. The van der Waals surface area contributed by atoms with Crippen LogP contribution in [0.2, 0.25) is 0 Å². The summed E-state index contributed by atoms with van der Waals surface area (Å²) in [7, 11) is 1.41. The third-order valence-corrected chi connectivity index (χ3v) is 4.09. The number of methoxy groups -OCH3 is 1. The lowest BCUT2D eigenvalue weighted by Crippen LogP contribution is -2.17. The van der Waals surface area contributed by atoms with Gasteiger partial charge in [0.1, 0.15) is 0 Å². The second-order valence-corrected chi connectivity index (χ2v) is 6.39. The van der Waals surface area contributed by atoms with Crippen LogP contribution in [0.4, 0.5) is 5.69 Å². The number of ether oxygens (including phenoxy) is 2. The first-order chi connectivity index (χ1) is 13.3. The predicted molar refractivity (Wildman–Crippen MR) is 107 cm³/mol. The Morgan fingerprint density at radius 3 is 2.75 bits per heavy atom. The van der Waals surface area contributed by atoms with Crippen molar-refractivity contribution in [3.63, 3.8) is 0 Å². The molecule has 1 amide bonds. The minimum Gasteiger partial charge on any atom is -0.493 e. The Balaban J connectivity index is 2.12. The van der Waals surface area contributed by atoms with E-state index in [-0.39, 0.29) is 17.0 Å². The number of benzene rings is 2. The number of nitrogens with one attached hydrogen (secondary N) is 1. The van der Waals surface area contributed by atoms with Gasteiger partial charge in [-0.25, -0.2) is 10.2 Å². The van der Waals surface area contributed by atoms with Gasteiger partial charge in [-0.3, -0.25) is 14.9 Å². The highest BCUT2D eigenvalue weighted by molar-refractivity contribution is 14.1. The van der Waals surface area contributed by atoms with Crippen LogP contribution in [-0.2, 0) is 4.79 Å². The summed E-state index contributed by atoms with van der Waals surface area (Å²) in [4.78, 5) is 32.9. The third kappa shape index (κ3) is 5.64. The molecule has 0 unspecified atom stereocenters. The van der Waals surface area contributed by atoms with Gasteiger partial charge in [-0.05, 0) is 46.4 Å². The van der Waals surface area contributed by atoms with E-state index in [1.54, 1.807) is 12.1 Å². The van der Waals surface area contributed by atoms with Crippen molar-refractivity contribution in [2.45, 2.75) is 0 Å². The van der Waals surface area contributed by atoms with Crippen LogP contribution in [0.1, 0.15) is 15.9 Å². The molecule has 0 spiro atoms. The number of carbonyl (C=O) groups is 2. The van der Waals surface area contributed by atoms with Gasteiger partial charge in [-0.15, -0.1) is 0 Å². The number of non-ortho nitro benzene ring substituents is 1. The zero-order chi connectivity index (χ0) is 20.7. The summed E-state index contributed by atoms with van der Waals surface area (Å²) in [5, 5.41) is 23.3. The maximum atomic E-state index is 12.1. The van der Waals surface area contributed by atoms with Gasteiger partial charge < -0.3 is 14.6 Å². The summed E-state index contributed by atoms with van der Waals surface area (Å²) in [5.74, 6) is -1.14. The number of hydrogen-bond donors (Lipinski definition) is 2. The van der Waals surface area contributed by atoms with Crippen LogP contribution in [0.3, 0.4) is 0 Å². The molecule has 2 aromatic carbocycles. The smallest absolute Gasteiger partial charge is 0.341 e. The first kappa shape index (κ1) is 21.1.